The Labute approximate surface area is 204 Å². The van der Waals surface area contributed by atoms with E-state index >= 15 is 0 Å². The molecule has 0 radical (unpaired) electrons. The van der Waals surface area contributed by atoms with E-state index in [0.717, 1.165) is 25.8 Å². The van der Waals surface area contributed by atoms with Gasteiger partial charge in [-0.25, -0.2) is 9.59 Å². The van der Waals surface area contributed by atoms with Gasteiger partial charge in [-0.3, -0.25) is 0 Å². The molecule has 1 heterocycles. The van der Waals surface area contributed by atoms with E-state index in [-0.39, 0.29) is 4.08 Å². The monoisotopic (exact) mass is 485 g/mol. The van der Waals surface area contributed by atoms with E-state index in [1.165, 1.54) is 29.1 Å². The van der Waals surface area contributed by atoms with Gasteiger partial charge in [0.15, 0.2) is 0 Å². The molecule has 0 bridgehead atoms. The van der Waals surface area contributed by atoms with Gasteiger partial charge in [0.05, 0.1) is 0 Å². The van der Waals surface area contributed by atoms with Crippen LogP contribution >= 0.6 is 23.5 Å². The molecule has 1 fully saturated rings. The van der Waals surface area contributed by atoms with Gasteiger partial charge in [-0.05, 0) is 55.4 Å². The number of hydrogen-bond acceptors (Lipinski definition) is 5. The van der Waals surface area contributed by atoms with Crippen LogP contribution in [0.3, 0.4) is 0 Å². The lowest BCUT2D eigenvalue weighted by atomic mass is 10.0. The highest BCUT2D eigenvalue weighted by atomic mass is 32.2. The molecule has 7 heteroatoms. The fraction of sp³-hybridized carbons (Fsp3) is 0.385. The van der Waals surface area contributed by atoms with E-state index in [0.29, 0.717) is 6.04 Å². The number of carboxylic acid groups (broad SMARTS) is 2. The number of carbonyl (C=O) groups is 2. The Morgan fingerprint density at radius 2 is 1.58 bits per heavy atom. The van der Waals surface area contributed by atoms with Crippen molar-refractivity contribution in [2.75, 3.05) is 18.1 Å². The largest absolute Gasteiger partial charge is 0.473 e. The average Bonchev–Trinajstić information content (AvgIpc) is 2.85. The number of rotatable bonds is 8. The number of aryl methyl sites for hydroxylation is 1. The Morgan fingerprint density at radius 1 is 1.00 bits per heavy atom. The summed E-state index contributed by atoms with van der Waals surface area (Å²) in [6.07, 6.45) is 4.47. The van der Waals surface area contributed by atoms with E-state index in [2.05, 4.69) is 101 Å². The van der Waals surface area contributed by atoms with E-state index < -0.39 is 11.9 Å². The van der Waals surface area contributed by atoms with Crippen molar-refractivity contribution < 1.29 is 19.8 Å². The maximum absolute atomic E-state index is 9.10. The molecule has 1 atom stereocenters. The summed E-state index contributed by atoms with van der Waals surface area (Å²) in [5.41, 5.74) is 2.85. The number of benzene rings is 2. The quantitative estimate of drug-likeness (QED) is 0.279. The van der Waals surface area contributed by atoms with Gasteiger partial charge in [0.25, 0.3) is 0 Å². The number of thioether (sulfide) groups is 2. The molecule has 1 aliphatic heterocycles. The summed E-state index contributed by atoms with van der Waals surface area (Å²) in [4.78, 5) is 18.2. The number of aliphatic carboxylic acids is 2. The molecular weight excluding hydrogens is 454 g/mol. The zero-order chi connectivity index (χ0) is 23.9. The fourth-order valence-corrected chi connectivity index (χ4v) is 7.09. The van der Waals surface area contributed by atoms with E-state index in [4.69, 9.17) is 19.8 Å². The molecule has 0 saturated carbocycles. The second-order valence-corrected chi connectivity index (χ2v) is 10.4. The first-order valence-corrected chi connectivity index (χ1v) is 12.9. The summed E-state index contributed by atoms with van der Waals surface area (Å²) >= 11 is 4.22. The lowest BCUT2D eigenvalue weighted by Crippen LogP contribution is -2.46. The highest BCUT2D eigenvalue weighted by Gasteiger charge is 2.42. The van der Waals surface area contributed by atoms with Crippen LogP contribution in [0.15, 0.2) is 60.7 Å². The fourth-order valence-electron chi connectivity index (χ4n) is 3.55. The summed E-state index contributed by atoms with van der Waals surface area (Å²) in [6, 6.07) is 22.2. The maximum Gasteiger partial charge on any atom is 0.414 e. The van der Waals surface area contributed by atoms with Crippen LogP contribution in [0.4, 0.5) is 0 Å². The predicted molar refractivity (Wildman–Crippen MR) is 138 cm³/mol. The number of nitrogens with one attached hydrogen (secondary N) is 1. The molecule has 5 nitrogen and oxygen atoms in total. The van der Waals surface area contributed by atoms with Crippen molar-refractivity contribution in [2.24, 2.45) is 0 Å². The first kappa shape index (κ1) is 26.8. The standard InChI is InChI=1S/C24H29NS2.C2H2O4/c1-2-3-17-23(25-18-10-14-21-12-6-4-7-13-21)24(26-19-11-20-27-24)22-15-8-5-9-16-22;3-1(4)2(5)6/h4-9,12-13,15-16,23,25H,10-11,14,17-20H2,1H3;(H,3,4)(H,5,6). The minimum atomic E-state index is -1.82. The third kappa shape index (κ3) is 8.81. The summed E-state index contributed by atoms with van der Waals surface area (Å²) in [5.74, 6) is 5.28. The lowest BCUT2D eigenvalue weighted by Gasteiger charge is -2.42. The van der Waals surface area contributed by atoms with Crippen molar-refractivity contribution in [3.8, 4) is 11.8 Å². The van der Waals surface area contributed by atoms with Crippen LogP contribution in [0, 0.1) is 11.8 Å². The minimum Gasteiger partial charge on any atom is -0.473 e. The van der Waals surface area contributed by atoms with Crippen LogP contribution in [0.2, 0.25) is 0 Å². The molecule has 1 saturated heterocycles. The van der Waals surface area contributed by atoms with Crippen molar-refractivity contribution in [3.63, 3.8) is 0 Å². The maximum atomic E-state index is 9.10. The van der Waals surface area contributed by atoms with Crippen molar-refractivity contribution in [2.45, 2.75) is 42.7 Å². The van der Waals surface area contributed by atoms with Gasteiger partial charge in [0.1, 0.15) is 4.08 Å². The predicted octanol–water partition coefficient (Wildman–Crippen LogP) is 4.87. The smallest absolute Gasteiger partial charge is 0.414 e. The Morgan fingerprint density at radius 3 is 2.12 bits per heavy atom. The van der Waals surface area contributed by atoms with Crippen LogP contribution < -0.4 is 5.32 Å². The van der Waals surface area contributed by atoms with E-state index in [9.17, 15) is 0 Å². The Kier molecular flexibility index (Phi) is 12.0. The van der Waals surface area contributed by atoms with Crippen molar-refractivity contribution >= 4 is 35.5 Å². The average molecular weight is 486 g/mol. The Bertz CT molecular complexity index is 908. The van der Waals surface area contributed by atoms with Gasteiger partial charge in [0, 0.05) is 12.5 Å². The molecule has 2 aromatic rings. The van der Waals surface area contributed by atoms with Gasteiger partial charge >= 0.3 is 11.9 Å². The molecule has 33 heavy (non-hydrogen) atoms. The first-order chi connectivity index (χ1) is 16.0. The summed E-state index contributed by atoms with van der Waals surface area (Å²) in [5, 5.41) is 18.7. The molecule has 0 aromatic heterocycles. The number of hydrogen-bond donors (Lipinski definition) is 3. The molecule has 1 aliphatic rings. The van der Waals surface area contributed by atoms with Crippen LogP contribution in [-0.2, 0) is 20.1 Å². The van der Waals surface area contributed by atoms with Crippen molar-refractivity contribution in [1.82, 2.24) is 5.32 Å². The summed E-state index contributed by atoms with van der Waals surface area (Å²) < 4.78 is 0.0656. The molecular formula is C26H31NO4S2. The van der Waals surface area contributed by atoms with Crippen molar-refractivity contribution in [3.05, 3.63) is 71.8 Å². The molecule has 0 spiro atoms. The van der Waals surface area contributed by atoms with Crippen LogP contribution in [0.5, 0.6) is 0 Å². The van der Waals surface area contributed by atoms with Crippen LogP contribution in [0.25, 0.3) is 0 Å². The summed E-state index contributed by atoms with van der Waals surface area (Å²) in [6.45, 7) is 2.98. The second kappa shape index (κ2) is 14.7. The highest BCUT2D eigenvalue weighted by Crippen LogP contribution is 2.53. The minimum absolute atomic E-state index is 0.0656. The van der Waals surface area contributed by atoms with Gasteiger partial charge in [0.2, 0.25) is 0 Å². The summed E-state index contributed by atoms with van der Waals surface area (Å²) in [7, 11) is 0. The zero-order valence-corrected chi connectivity index (χ0v) is 20.5. The van der Waals surface area contributed by atoms with Gasteiger partial charge < -0.3 is 15.5 Å². The van der Waals surface area contributed by atoms with Crippen LogP contribution in [0.1, 0.15) is 37.3 Å². The molecule has 176 valence electrons. The molecule has 3 rings (SSSR count). The molecule has 0 amide bonds. The normalized spacial score (nSPS) is 15.2. The number of carboxylic acids is 2. The van der Waals surface area contributed by atoms with E-state index in [1.807, 2.05) is 6.92 Å². The Balaban J connectivity index is 0.000000569. The van der Waals surface area contributed by atoms with Gasteiger partial charge in [-0.15, -0.1) is 35.4 Å². The molecule has 0 aliphatic carbocycles. The van der Waals surface area contributed by atoms with Gasteiger partial charge in [-0.2, -0.15) is 0 Å². The molecule has 3 N–H and O–H groups in total. The third-order valence-electron chi connectivity index (χ3n) is 5.10. The SMILES string of the molecule is CC#CCC(NCCCc1ccccc1)C1(c2ccccc2)SCCCS1.O=C(O)C(=O)O. The van der Waals surface area contributed by atoms with Crippen molar-refractivity contribution in [1.29, 1.82) is 0 Å². The molecule has 1 unspecified atom stereocenters. The molecule has 2 aromatic carbocycles. The van der Waals surface area contributed by atoms with E-state index in [1.54, 1.807) is 0 Å². The zero-order valence-electron chi connectivity index (χ0n) is 18.8. The first-order valence-electron chi connectivity index (χ1n) is 11.0. The second-order valence-electron chi connectivity index (χ2n) is 7.42. The Hall–Kier alpha value is -2.40. The highest BCUT2D eigenvalue weighted by molar-refractivity contribution is 8.18. The van der Waals surface area contributed by atoms with Gasteiger partial charge in [-0.1, -0.05) is 60.7 Å². The third-order valence-corrected chi connectivity index (χ3v) is 8.69. The lowest BCUT2D eigenvalue weighted by molar-refractivity contribution is -0.159. The topological polar surface area (TPSA) is 86.6 Å². The van der Waals surface area contributed by atoms with Crippen LogP contribution in [-0.4, -0.2) is 46.2 Å².